The summed E-state index contributed by atoms with van der Waals surface area (Å²) in [5.74, 6) is 0. The van der Waals surface area contributed by atoms with E-state index in [0.717, 1.165) is 12.8 Å². The molecular formula is C4H7NO2. The van der Waals surface area contributed by atoms with Gasteiger partial charge in [-0.15, -0.1) is 4.91 Å². The summed E-state index contributed by atoms with van der Waals surface area (Å²) in [7, 11) is 0. The van der Waals surface area contributed by atoms with E-state index < -0.39 is 0 Å². The summed E-state index contributed by atoms with van der Waals surface area (Å²) >= 11 is 0. The minimum atomic E-state index is 0.150. The Hall–Kier alpha value is -0.600. The third kappa shape index (κ3) is 0.885. The van der Waals surface area contributed by atoms with E-state index in [9.17, 15) is 4.91 Å². The Kier molecular flexibility index (Phi) is 1.24. The molecule has 1 aliphatic carbocycles. The van der Waals surface area contributed by atoms with Crippen molar-refractivity contribution in [3.8, 4) is 0 Å². The van der Waals surface area contributed by atoms with E-state index >= 15 is 0 Å². The zero-order valence-corrected chi connectivity index (χ0v) is 3.96. The van der Waals surface area contributed by atoms with E-state index in [0.29, 0.717) is 0 Å². The summed E-state index contributed by atoms with van der Waals surface area (Å²) in [4.78, 5) is 13.7. The molecule has 0 radical (unpaired) electrons. The molecule has 7 heavy (non-hydrogen) atoms. The molecule has 0 heterocycles. The molecule has 1 rings (SSSR count). The van der Waals surface area contributed by atoms with E-state index in [-0.39, 0.29) is 6.10 Å². The van der Waals surface area contributed by atoms with E-state index in [4.69, 9.17) is 0 Å². The van der Waals surface area contributed by atoms with Crippen molar-refractivity contribution in [3.05, 3.63) is 4.91 Å². The highest BCUT2D eigenvalue weighted by Gasteiger charge is 2.18. The summed E-state index contributed by atoms with van der Waals surface area (Å²) in [5, 5.41) is 2.31. The predicted molar refractivity (Wildman–Crippen MR) is 24.5 cm³/mol. The maximum atomic E-state index is 9.34. The molecule has 0 aromatic rings. The first kappa shape index (κ1) is 4.56. The standard InChI is InChI=1S/C4H7NO2/c6-5-7-4-2-1-3-4/h4H,1-3H2. The Morgan fingerprint density at radius 1 is 1.57 bits per heavy atom. The van der Waals surface area contributed by atoms with Gasteiger partial charge in [0.15, 0.2) is 5.34 Å². The van der Waals surface area contributed by atoms with Gasteiger partial charge in [0.05, 0.1) is 0 Å². The van der Waals surface area contributed by atoms with Gasteiger partial charge in [0.2, 0.25) is 0 Å². The molecule has 3 heteroatoms. The van der Waals surface area contributed by atoms with Gasteiger partial charge in [-0.05, 0) is 19.3 Å². The molecule has 1 saturated carbocycles. The van der Waals surface area contributed by atoms with Crippen LogP contribution in [0.5, 0.6) is 0 Å². The van der Waals surface area contributed by atoms with E-state index in [2.05, 4.69) is 10.2 Å². The molecule has 0 aliphatic heterocycles. The smallest absolute Gasteiger partial charge is 0.155 e. The van der Waals surface area contributed by atoms with Crippen LogP contribution in [0.3, 0.4) is 0 Å². The summed E-state index contributed by atoms with van der Waals surface area (Å²) in [5.41, 5.74) is 0. The topological polar surface area (TPSA) is 38.7 Å². The zero-order chi connectivity index (χ0) is 5.11. The first-order valence-electron chi connectivity index (χ1n) is 2.42. The van der Waals surface area contributed by atoms with Crippen LogP contribution >= 0.6 is 0 Å². The molecule has 0 spiro atoms. The molecule has 1 fully saturated rings. The van der Waals surface area contributed by atoms with Gasteiger partial charge in [-0.3, -0.25) is 0 Å². The van der Waals surface area contributed by atoms with Crippen molar-refractivity contribution in [2.45, 2.75) is 25.4 Å². The monoisotopic (exact) mass is 101 g/mol. The van der Waals surface area contributed by atoms with Gasteiger partial charge in [-0.25, -0.2) is 0 Å². The number of rotatable bonds is 2. The fourth-order valence-electron chi connectivity index (χ4n) is 0.537. The minimum Gasteiger partial charge on any atom is -0.361 e. The molecular weight excluding hydrogens is 94.0 g/mol. The van der Waals surface area contributed by atoms with Crippen LogP contribution in [0.15, 0.2) is 5.34 Å². The first-order chi connectivity index (χ1) is 3.43. The van der Waals surface area contributed by atoms with Gasteiger partial charge in [-0.1, -0.05) is 0 Å². The lowest BCUT2D eigenvalue weighted by Crippen LogP contribution is -2.18. The van der Waals surface area contributed by atoms with Crippen LogP contribution in [0.4, 0.5) is 0 Å². The van der Waals surface area contributed by atoms with Gasteiger partial charge >= 0.3 is 0 Å². The average molecular weight is 101 g/mol. The van der Waals surface area contributed by atoms with E-state index in [1.54, 1.807) is 0 Å². The molecule has 0 N–H and O–H groups in total. The predicted octanol–water partition coefficient (Wildman–Crippen LogP) is 1.24. The van der Waals surface area contributed by atoms with Crippen LogP contribution in [-0.4, -0.2) is 6.10 Å². The maximum absolute atomic E-state index is 9.34. The van der Waals surface area contributed by atoms with E-state index in [1.807, 2.05) is 0 Å². The van der Waals surface area contributed by atoms with Crippen molar-refractivity contribution in [2.75, 3.05) is 0 Å². The lowest BCUT2D eigenvalue weighted by molar-refractivity contribution is 0.00304. The van der Waals surface area contributed by atoms with Crippen molar-refractivity contribution >= 4 is 0 Å². The van der Waals surface area contributed by atoms with Crippen LogP contribution in [0.2, 0.25) is 0 Å². The number of nitrogens with zero attached hydrogens (tertiary/aromatic N) is 1. The molecule has 0 aromatic heterocycles. The number of hydrogen-bond acceptors (Lipinski definition) is 3. The molecule has 0 atom stereocenters. The van der Waals surface area contributed by atoms with Gasteiger partial charge in [0.1, 0.15) is 6.10 Å². The first-order valence-corrected chi connectivity index (χ1v) is 2.42. The van der Waals surface area contributed by atoms with Crippen molar-refractivity contribution in [2.24, 2.45) is 5.34 Å². The lowest BCUT2D eigenvalue weighted by Gasteiger charge is -2.20. The second-order valence-corrected chi connectivity index (χ2v) is 1.73. The lowest BCUT2D eigenvalue weighted by atomic mass is 9.97. The van der Waals surface area contributed by atoms with Crippen LogP contribution in [0.25, 0.3) is 0 Å². The molecule has 0 amide bonds. The fourth-order valence-corrected chi connectivity index (χ4v) is 0.537. The second kappa shape index (κ2) is 1.91. The van der Waals surface area contributed by atoms with Crippen LogP contribution in [0.1, 0.15) is 19.3 Å². The number of hydrogen-bond donors (Lipinski definition) is 0. The van der Waals surface area contributed by atoms with Gasteiger partial charge in [-0.2, -0.15) is 0 Å². The molecule has 3 nitrogen and oxygen atoms in total. The van der Waals surface area contributed by atoms with Crippen LogP contribution < -0.4 is 0 Å². The highest BCUT2D eigenvalue weighted by Crippen LogP contribution is 2.21. The summed E-state index contributed by atoms with van der Waals surface area (Å²) in [6.45, 7) is 0. The van der Waals surface area contributed by atoms with Crippen molar-refractivity contribution in [3.63, 3.8) is 0 Å². The summed E-state index contributed by atoms with van der Waals surface area (Å²) in [6, 6.07) is 0. The van der Waals surface area contributed by atoms with Crippen molar-refractivity contribution in [1.82, 2.24) is 0 Å². The minimum absolute atomic E-state index is 0.150. The third-order valence-corrected chi connectivity index (χ3v) is 1.24. The Balaban J connectivity index is 2.03. The molecule has 0 aromatic carbocycles. The summed E-state index contributed by atoms with van der Waals surface area (Å²) < 4.78 is 0. The zero-order valence-electron chi connectivity index (χ0n) is 3.96. The van der Waals surface area contributed by atoms with Crippen molar-refractivity contribution < 1.29 is 4.84 Å². The Morgan fingerprint density at radius 3 is 2.43 bits per heavy atom. The molecule has 0 bridgehead atoms. The van der Waals surface area contributed by atoms with Gasteiger partial charge < -0.3 is 4.84 Å². The maximum Gasteiger partial charge on any atom is 0.155 e. The highest BCUT2D eigenvalue weighted by atomic mass is 16.7. The molecule has 0 unspecified atom stereocenters. The van der Waals surface area contributed by atoms with Crippen LogP contribution in [-0.2, 0) is 4.84 Å². The SMILES string of the molecule is O=NOC1CCC1. The normalized spacial score (nSPS) is 20.6. The van der Waals surface area contributed by atoms with Crippen LogP contribution in [0, 0.1) is 4.91 Å². The largest absolute Gasteiger partial charge is 0.361 e. The van der Waals surface area contributed by atoms with Crippen molar-refractivity contribution in [1.29, 1.82) is 0 Å². The average Bonchev–Trinajstić information content (AvgIpc) is 1.55. The highest BCUT2D eigenvalue weighted by molar-refractivity contribution is 4.67. The van der Waals surface area contributed by atoms with Gasteiger partial charge in [0.25, 0.3) is 0 Å². The van der Waals surface area contributed by atoms with E-state index in [1.165, 1.54) is 6.42 Å². The third-order valence-electron chi connectivity index (χ3n) is 1.24. The molecule has 40 valence electrons. The second-order valence-electron chi connectivity index (χ2n) is 1.73. The quantitative estimate of drug-likeness (QED) is 0.387. The fraction of sp³-hybridized carbons (Fsp3) is 1.00. The van der Waals surface area contributed by atoms with Gasteiger partial charge in [0, 0.05) is 0 Å². The Morgan fingerprint density at radius 2 is 2.29 bits per heavy atom. The Labute approximate surface area is 41.6 Å². The summed E-state index contributed by atoms with van der Waals surface area (Å²) in [6.07, 6.45) is 3.34. The molecule has 0 saturated heterocycles. The Bertz CT molecular complexity index is 70.1. The molecule has 1 aliphatic rings.